The van der Waals surface area contributed by atoms with E-state index in [-0.39, 0.29) is 5.41 Å². The minimum absolute atomic E-state index is 0.00178. The molecule has 0 saturated heterocycles. The molecule has 0 saturated carbocycles. The van der Waals surface area contributed by atoms with Gasteiger partial charge in [-0.3, -0.25) is 0 Å². The number of hydrogen-bond acceptors (Lipinski definition) is 4. The Morgan fingerprint density at radius 3 is 2.62 bits per heavy atom. The molecule has 1 aliphatic rings. The normalized spacial score (nSPS) is 15.0. The lowest BCUT2D eigenvalue weighted by atomic mass is 9.95. The number of nitrogens with zero attached hydrogens (tertiary/aromatic N) is 2. The molecule has 0 bridgehead atoms. The number of fused-ring (bicyclic) bond motifs is 1. The quantitative estimate of drug-likeness (QED) is 0.798. The molecule has 1 aromatic rings. The third-order valence-electron chi connectivity index (χ3n) is 2.70. The van der Waals surface area contributed by atoms with E-state index in [0.717, 1.165) is 37.0 Å². The predicted octanol–water partition coefficient (Wildman–Crippen LogP) is 1.81. The first kappa shape index (κ1) is 11.3. The first-order chi connectivity index (χ1) is 7.52. The van der Waals surface area contributed by atoms with Gasteiger partial charge in [-0.05, 0) is 6.92 Å². The van der Waals surface area contributed by atoms with Gasteiger partial charge in [-0.1, -0.05) is 20.8 Å². The van der Waals surface area contributed by atoms with Crippen LogP contribution in [0.1, 0.15) is 44.8 Å². The Balaban J connectivity index is 2.47. The molecule has 4 heteroatoms. The van der Waals surface area contributed by atoms with Crippen LogP contribution < -0.4 is 10.6 Å². The number of aromatic nitrogens is 2. The molecule has 0 amide bonds. The van der Waals surface area contributed by atoms with Crippen molar-refractivity contribution in [3.05, 3.63) is 17.1 Å². The molecule has 16 heavy (non-hydrogen) atoms. The molecule has 4 nitrogen and oxygen atoms in total. The second-order valence-electron chi connectivity index (χ2n) is 5.20. The maximum Gasteiger partial charge on any atom is 0.136 e. The van der Waals surface area contributed by atoms with Crippen molar-refractivity contribution in [1.29, 1.82) is 0 Å². The lowest BCUT2D eigenvalue weighted by Crippen LogP contribution is -2.19. The van der Waals surface area contributed by atoms with Crippen LogP contribution in [0.3, 0.4) is 0 Å². The molecule has 0 unspecified atom stereocenters. The van der Waals surface area contributed by atoms with Crippen molar-refractivity contribution in [3.8, 4) is 0 Å². The Kier molecular flexibility index (Phi) is 2.84. The number of nitrogens with one attached hydrogen (secondary N) is 2. The Labute approximate surface area is 96.9 Å². The highest BCUT2D eigenvalue weighted by molar-refractivity contribution is 5.48. The Bertz CT molecular complexity index is 393. The van der Waals surface area contributed by atoms with E-state index in [9.17, 15) is 0 Å². The summed E-state index contributed by atoms with van der Waals surface area (Å²) in [5, 5.41) is 6.65. The molecule has 2 rings (SSSR count). The van der Waals surface area contributed by atoms with Gasteiger partial charge in [-0.25, -0.2) is 9.97 Å². The molecule has 0 aliphatic carbocycles. The molecular weight excluding hydrogens is 200 g/mol. The van der Waals surface area contributed by atoms with Crippen LogP contribution in [0.5, 0.6) is 0 Å². The van der Waals surface area contributed by atoms with Crippen LogP contribution in [0.25, 0.3) is 0 Å². The van der Waals surface area contributed by atoms with Gasteiger partial charge >= 0.3 is 0 Å². The second kappa shape index (κ2) is 4.01. The van der Waals surface area contributed by atoms with E-state index in [0.29, 0.717) is 0 Å². The predicted molar refractivity (Wildman–Crippen MR) is 65.4 cm³/mol. The molecule has 1 aromatic heterocycles. The highest BCUT2D eigenvalue weighted by Crippen LogP contribution is 2.26. The van der Waals surface area contributed by atoms with Gasteiger partial charge in [0, 0.05) is 30.6 Å². The fourth-order valence-electron chi connectivity index (χ4n) is 1.82. The summed E-state index contributed by atoms with van der Waals surface area (Å²) in [6.45, 7) is 11.2. The second-order valence-corrected chi connectivity index (χ2v) is 5.20. The van der Waals surface area contributed by atoms with Crippen LogP contribution in [0.15, 0.2) is 0 Å². The molecule has 0 atom stereocenters. The van der Waals surface area contributed by atoms with Crippen LogP contribution in [-0.4, -0.2) is 16.5 Å². The fraction of sp³-hybridized carbons (Fsp3) is 0.667. The van der Waals surface area contributed by atoms with Crippen LogP contribution >= 0.6 is 0 Å². The molecule has 2 heterocycles. The summed E-state index contributed by atoms with van der Waals surface area (Å²) in [5.41, 5.74) is 2.38. The lowest BCUT2D eigenvalue weighted by molar-refractivity contribution is 0.542. The van der Waals surface area contributed by atoms with Crippen LogP contribution in [0, 0.1) is 0 Å². The zero-order valence-electron chi connectivity index (χ0n) is 10.5. The van der Waals surface area contributed by atoms with Crippen LogP contribution in [0.4, 0.5) is 5.82 Å². The van der Waals surface area contributed by atoms with E-state index in [1.165, 1.54) is 5.56 Å². The first-order valence-electron chi connectivity index (χ1n) is 5.87. The van der Waals surface area contributed by atoms with Crippen molar-refractivity contribution in [1.82, 2.24) is 15.3 Å². The van der Waals surface area contributed by atoms with Gasteiger partial charge in [-0.2, -0.15) is 0 Å². The molecule has 0 fully saturated rings. The van der Waals surface area contributed by atoms with Gasteiger partial charge in [0.25, 0.3) is 0 Å². The van der Waals surface area contributed by atoms with E-state index >= 15 is 0 Å². The van der Waals surface area contributed by atoms with E-state index in [2.05, 4.69) is 48.3 Å². The summed E-state index contributed by atoms with van der Waals surface area (Å²) >= 11 is 0. The van der Waals surface area contributed by atoms with E-state index < -0.39 is 0 Å². The zero-order valence-corrected chi connectivity index (χ0v) is 10.5. The number of anilines is 1. The lowest BCUT2D eigenvalue weighted by Gasteiger charge is -2.19. The summed E-state index contributed by atoms with van der Waals surface area (Å²) in [4.78, 5) is 9.30. The Hall–Kier alpha value is -1.16. The monoisotopic (exact) mass is 220 g/mol. The SMILES string of the molecule is CCNc1nc(C(C)(C)C)nc2c1CNC2. The number of hydrogen-bond donors (Lipinski definition) is 2. The van der Waals surface area contributed by atoms with E-state index in [4.69, 9.17) is 0 Å². The molecule has 0 spiro atoms. The van der Waals surface area contributed by atoms with Gasteiger partial charge in [0.2, 0.25) is 0 Å². The van der Waals surface area contributed by atoms with E-state index in [1.807, 2.05) is 0 Å². The maximum absolute atomic E-state index is 4.65. The van der Waals surface area contributed by atoms with E-state index in [1.54, 1.807) is 0 Å². The minimum Gasteiger partial charge on any atom is -0.370 e. The Morgan fingerprint density at radius 1 is 1.25 bits per heavy atom. The topological polar surface area (TPSA) is 49.8 Å². The molecule has 0 aromatic carbocycles. The van der Waals surface area contributed by atoms with Gasteiger partial charge in [-0.15, -0.1) is 0 Å². The molecular formula is C12H20N4. The standard InChI is InChI=1S/C12H20N4/c1-5-14-10-8-6-13-7-9(8)15-11(16-10)12(2,3)4/h13H,5-7H2,1-4H3,(H,14,15,16). The summed E-state index contributed by atoms with van der Waals surface area (Å²) in [7, 11) is 0. The highest BCUT2D eigenvalue weighted by Gasteiger charge is 2.24. The highest BCUT2D eigenvalue weighted by atomic mass is 15.1. The first-order valence-corrected chi connectivity index (χ1v) is 5.87. The number of rotatable bonds is 2. The van der Waals surface area contributed by atoms with Crippen molar-refractivity contribution in [3.63, 3.8) is 0 Å². The van der Waals surface area contributed by atoms with Gasteiger partial charge in [0.05, 0.1) is 5.69 Å². The third kappa shape index (κ3) is 2.02. The molecule has 0 radical (unpaired) electrons. The van der Waals surface area contributed by atoms with Crippen molar-refractivity contribution in [2.24, 2.45) is 0 Å². The molecule has 1 aliphatic heterocycles. The average Bonchev–Trinajstić information content (AvgIpc) is 2.64. The van der Waals surface area contributed by atoms with Crippen molar-refractivity contribution in [2.45, 2.75) is 46.2 Å². The third-order valence-corrected chi connectivity index (χ3v) is 2.70. The van der Waals surface area contributed by atoms with Gasteiger partial charge < -0.3 is 10.6 Å². The fourth-order valence-corrected chi connectivity index (χ4v) is 1.82. The zero-order chi connectivity index (χ0) is 11.8. The Morgan fingerprint density at radius 2 is 2.00 bits per heavy atom. The largest absolute Gasteiger partial charge is 0.370 e. The maximum atomic E-state index is 4.65. The summed E-state index contributed by atoms with van der Waals surface area (Å²) in [5.74, 6) is 1.92. The molecule has 88 valence electrons. The van der Waals surface area contributed by atoms with Crippen molar-refractivity contribution < 1.29 is 0 Å². The smallest absolute Gasteiger partial charge is 0.136 e. The van der Waals surface area contributed by atoms with Gasteiger partial charge in [0.15, 0.2) is 0 Å². The summed E-state index contributed by atoms with van der Waals surface area (Å²) < 4.78 is 0. The van der Waals surface area contributed by atoms with Crippen molar-refractivity contribution in [2.75, 3.05) is 11.9 Å². The average molecular weight is 220 g/mol. The minimum atomic E-state index is 0.00178. The summed E-state index contributed by atoms with van der Waals surface area (Å²) in [6, 6.07) is 0. The van der Waals surface area contributed by atoms with Crippen molar-refractivity contribution >= 4 is 5.82 Å². The molecule has 2 N–H and O–H groups in total. The van der Waals surface area contributed by atoms with Crippen LogP contribution in [-0.2, 0) is 18.5 Å². The summed E-state index contributed by atoms with van der Waals surface area (Å²) in [6.07, 6.45) is 0. The van der Waals surface area contributed by atoms with Gasteiger partial charge in [0.1, 0.15) is 11.6 Å². The van der Waals surface area contributed by atoms with Crippen LogP contribution in [0.2, 0.25) is 0 Å².